The number of benzene rings is 1. The van der Waals surface area contributed by atoms with Crippen molar-refractivity contribution in [3.63, 3.8) is 0 Å². The monoisotopic (exact) mass is 280 g/mol. The molecule has 2 aromatic rings. The van der Waals surface area contributed by atoms with Crippen molar-refractivity contribution < 1.29 is 22.4 Å². The summed E-state index contributed by atoms with van der Waals surface area (Å²) in [6, 6.07) is 9.14. The summed E-state index contributed by atoms with van der Waals surface area (Å²) in [5, 5.41) is 0. The topological polar surface area (TPSA) is 73.6 Å². The van der Waals surface area contributed by atoms with Crippen LogP contribution in [0.25, 0.3) is 0 Å². The average molecular weight is 280 g/mol. The van der Waals surface area contributed by atoms with E-state index in [0.29, 0.717) is 5.75 Å². The molecule has 19 heavy (non-hydrogen) atoms. The lowest BCUT2D eigenvalue weighted by Crippen LogP contribution is -2.11. The van der Waals surface area contributed by atoms with Gasteiger partial charge in [-0.3, -0.25) is 4.79 Å². The van der Waals surface area contributed by atoms with Crippen LogP contribution in [-0.2, 0) is 9.84 Å². The fraction of sp³-hybridized carbons (Fsp3) is 0.154. The number of carbonyl (C=O) groups is 1. The molecule has 0 bridgehead atoms. The van der Waals surface area contributed by atoms with Crippen LogP contribution in [0.3, 0.4) is 0 Å². The van der Waals surface area contributed by atoms with Crippen molar-refractivity contribution in [2.75, 3.05) is 12.9 Å². The highest BCUT2D eigenvalue weighted by Gasteiger charge is 2.11. The molecule has 0 radical (unpaired) electrons. The maximum Gasteiger partial charge on any atom is 0.235 e. The number of rotatable bonds is 5. The fourth-order valence-electron chi connectivity index (χ4n) is 1.45. The second-order valence-electron chi connectivity index (χ2n) is 3.94. The third-order valence-electron chi connectivity index (χ3n) is 2.40. The van der Waals surface area contributed by atoms with Crippen LogP contribution in [0.5, 0.6) is 5.75 Å². The van der Waals surface area contributed by atoms with E-state index >= 15 is 0 Å². The minimum Gasteiger partial charge on any atom is -0.485 e. The summed E-state index contributed by atoms with van der Waals surface area (Å²) >= 11 is 0. The van der Waals surface area contributed by atoms with E-state index in [2.05, 4.69) is 0 Å². The first-order valence-electron chi connectivity index (χ1n) is 5.46. The molecule has 0 aliphatic carbocycles. The molecule has 0 aliphatic heterocycles. The predicted molar refractivity (Wildman–Crippen MR) is 68.1 cm³/mol. The highest BCUT2D eigenvalue weighted by Crippen LogP contribution is 2.17. The summed E-state index contributed by atoms with van der Waals surface area (Å²) in [5.74, 6) is 0.219. The van der Waals surface area contributed by atoms with Crippen molar-refractivity contribution in [3.8, 4) is 5.75 Å². The molecule has 0 amide bonds. The quantitative estimate of drug-likeness (QED) is 0.782. The molecule has 1 aromatic carbocycles. The summed E-state index contributed by atoms with van der Waals surface area (Å²) < 4.78 is 32.9. The first kappa shape index (κ1) is 13.4. The Bertz CT molecular complexity index is 671. The van der Waals surface area contributed by atoms with E-state index in [1.54, 1.807) is 24.3 Å². The Hall–Kier alpha value is -2.08. The SMILES string of the molecule is CS(=O)(=O)c1cccc(OCC(=O)c2ccco2)c1. The molecule has 5 nitrogen and oxygen atoms in total. The van der Waals surface area contributed by atoms with Crippen molar-refractivity contribution in [1.29, 1.82) is 0 Å². The van der Waals surface area contributed by atoms with E-state index in [-0.39, 0.29) is 23.0 Å². The highest BCUT2D eigenvalue weighted by atomic mass is 32.2. The molecule has 0 saturated heterocycles. The zero-order valence-corrected chi connectivity index (χ0v) is 11.0. The number of sulfone groups is 1. The Morgan fingerprint density at radius 3 is 2.68 bits per heavy atom. The van der Waals surface area contributed by atoms with Gasteiger partial charge in [0.1, 0.15) is 5.75 Å². The number of ketones is 1. The van der Waals surface area contributed by atoms with E-state index in [1.165, 1.54) is 18.4 Å². The summed E-state index contributed by atoms with van der Waals surface area (Å²) in [6.07, 6.45) is 2.51. The van der Waals surface area contributed by atoms with Gasteiger partial charge in [0.15, 0.2) is 22.2 Å². The van der Waals surface area contributed by atoms with Gasteiger partial charge in [0.25, 0.3) is 0 Å². The van der Waals surface area contributed by atoms with E-state index in [1.807, 2.05) is 0 Å². The Kier molecular flexibility index (Phi) is 3.71. The molecule has 6 heteroatoms. The standard InChI is InChI=1S/C13H12O5S/c1-19(15,16)11-5-2-4-10(8-11)18-9-12(14)13-6-3-7-17-13/h2-8H,9H2,1H3. The molecule has 0 atom stereocenters. The van der Waals surface area contributed by atoms with Gasteiger partial charge in [-0.05, 0) is 30.3 Å². The normalized spacial score (nSPS) is 11.2. The molecule has 1 heterocycles. The van der Waals surface area contributed by atoms with Gasteiger partial charge in [0.05, 0.1) is 11.2 Å². The lowest BCUT2D eigenvalue weighted by molar-refractivity contribution is 0.0893. The Morgan fingerprint density at radius 2 is 2.05 bits per heavy atom. The van der Waals surface area contributed by atoms with Gasteiger partial charge in [-0.1, -0.05) is 6.07 Å². The Balaban J connectivity index is 2.06. The zero-order chi connectivity index (χ0) is 13.9. The molecule has 0 N–H and O–H groups in total. The molecule has 2 rings (SSSR count). The molecular weight excluding hydrogens is 268 g/mol. The smallest absolute Gasteiger partial charge is 0.235 e. The maximum absolute atomic E-state index is 11.6. The molecule has 0 fully saturated rings. The number of carbonyl (C=O) groups excluding carboxylic acids is 1. The number of ether oxygens (including phenoxy) is 1. The summed E-state index contributed by atoms with van der Waals surface area (Å²) in [4.78, 5) is 11.8. The van der Waals surface area contributed by atoms with Crippen LogP contribution in [0.2, 0.25) is 0 Å². The number of Topliss-reactive ketones (excluding diaryl/α,β-unsaturated/α-hetero) is 1. The maximum atomic E-state index is 11.6. The third-order valence-corrected chi connectivity index (χ3v) is 3.51. The van der Waals surface area contributed by atoms with Gasteiger partial charge in [-0.2, -0.15) is 0 Å². The molecule has 0 aliphatic rings. The zero-order valence-electron chi connectivity index (χ0n) is 10.2. The number of hydrogen-bond acceptors (Lipinski definition) is 5. The van der Waals surface area contributed by atoms with Gasteiger partial charge in [0.2, 0.25) is 5.78 Å². The largest absolute Gasteiger partial charge is 0.485 e. The van der Waals surface area contributed by atoms with Crippen LogP contribution in [0.1, 0.15) is 10.6 Å². The molecule has 0 saturated carbocycles. The minimum atomic E-state index is -3.29. The second kappa shape index (κ2) is 5.27. The number of hydrogen-bond donors (Lipinski definition) is 0. The average Bonchev–Trinajstić information content (AvgIpc) is 2.89. The molecule has 100 valence electrons. The molecular formula is C13H12O5S. The number of furan rings is 1. The lowest BCUT2D eigenvalue weighted by atomic mass is 10.3. The van der Waals surface area contributed by atoms with Crippen molar-refractivity contribution in [2.45, 2.75) is 4.90 Å². The summed E-state index contributed by atoms with van der Waals surface area (Å²) in [7, 11) is -3.29. The van der Waals surface area contributed by atoms with Crippen LogP contribution < -0.4 is 4.74 Å². The molecule has 0 unspecified atom stereocenters. The highest BCUT2D eigenvalue weighted by molar-refractivity contribution is 7.90. The van der Waals surface area contributed by atoms with E-state index in [9.17, 15) is 13.2 Å². The van der Waals surface area contributed by atoms with Gasteiger partial charge >= 0.3 is 0 Å². The first-order chi connectivity index (χ1) is 8.97. The third kappa shape index (κ3) is 3.45. The van der Waals surface area contributed by atoms with E-state index < -0.39 is 9.84 Å². The van der Waals surface area contributed by atoms with Gasteiger partial charge in [-0.25, -0.2) is 8.42 Å². The molecule has 0 spiro atoms. The van der Waals surface area contributed by atoms with Gasteiger partial charge in [0, 0.05) is 6.26 Å². The van der Waals surface area contributed by atoms with Crippen LogP contribution in [-0.4, -0.2) is 27.1 Å². The predicted octanol–water partition coefficient (Wildman–Crippen LogP) is 1.94. The van der Waals surface area contributed by atoms with Crippen LogP contribution in [0.4, 0.5) is 0 Å². The van der Waals surface area contributed by atoms with Crippen molar-refractivity contribution in [3.05, 3.63) is 48.4 Å². The summed E-state index contributed by atoms with van der Waals surface area (Å²) in [5.41, 5.74) is 0. The Labute approximate surface area is 110 Å². The first-order valence-corrected chi connectivity index (χ1v) is 7.35. The van der Waals surface area contributed by atoms with Crippen LogP contribution in [0.15, 0.2) is 52.0 Å². The van der Waals surface area contributed by atoms with Gasteiger partial charge in [-0.15, -0.1) is 0 Å². The van der Waals surface area contributed by atoms with Crippen molar-refractivity contribution in [1.82, 2.24) is 0 Å². The van der Waals surface area contributed by atoms with Crippen molar-refractivity contribution >= 4 is 15.6 Å². The van der Waals surface area contributed by atoms with Crippen LogP contribution >= 0.6 is 0 Å². The Morgan fingerprint density at radius 1 is 1.26 bits per heavy atom. The molecule has 1 aromatic heterocycles. The summed E-state index contributed by atoms with van der Waals surface area (Å²) in [6.45, 7) is -0.208. The van der Waals surface area contributed by atoms with E-state index in [4.69, 9.17) is 9.15 Å². The second-order valence-corrected chi connectivity index (χ2v) is 5.95. The fourth-order valence-corrected chi connectivity index (χ4v) is 2.11. The minimum absolute atomic E-state index is 0.149. The van der Waals surface area contributed by atoms with E-state index in [0.717, 1.165) is 6.26 Å². The van der Waals surface area contributed by atoms with Crippen LogP contribution in [0, 0.1) is 0 Å². The lowest BCUT2D eigenvalue weighted by Gasteiger charge is -2.05. The van der Waals surface area contributed by atoms with Gasteiger partial charge < -0.3 is 9.15 Å². The van der Waals surface area contributed by atoms with Crippen molar-refractivity contribution in [2.24, 2.45) is 0 Å².